The van der Waals surface area contributed by atoms with Gasteiger partial charge in [0.25, 0.3) is 0 Å². The number of rotatable bonds is 9. The fraction of sp³-hybridized carbons (Fsp3) is 0.591. The summed E-state index contributed by atoms with van der Waals surface area (Å²) in [5, 5.41) is 6.16. The zero-order valence-corrected chi connectivity index (χ0v) is 16.7. The van der Waals surface area contributed by atoms with Crippen molar-refractivity contribution in [2.75, 3.05) is 18.4 Å². The highest BCUT2D eigenvalue weighted by Gasteiger charge is 2.33. The number of nitrogens with one attached hydrogen (secondary N) is 2. The second-order valence-corrected chi connectivity index (χ2v) is 7.63. The number of aryl methyl sites for hydroxylation is 1. The molecule has 2 N–H and O–H groups in total. The molecule has 0 bridgehead atoms. The Bertz CT molecular complexity index is 751. The lowest BCUT2D eigenvalue weighted by Crippen LogP contribution is -2.44. The van der Waals surface area contributed by atoms with Crippen LogP contribution >= 0.6 is 0 Å². The van der Waals surface area contributed by atoms with E-state index in [1.807, 2.05) is 13.1 Å². The van der Waals surface area contributed by atoms with Crippen molar-refractivity contribution in [3.8, 4) is 12.3 Å². The van der Waals surface area contributed by atoms with E-state index in [-0.39, 0.29) is 30.4 Å². The lowest BCUT2D eigenvalue weighted by atomic mass is 9.97. The van der Waals surface area contributed by atoms with Gasteiger partial charge in [-0.2, -0.15) is 0 Å². The number of hydrogen-bond donors (Lipinski definition) is 2. The number of terminal acetylenes is 1. The van der Waals surface area contributed by atoms with Crippen LogP contribution in [0.15, 0.2) is 12.3 Å². The summed E-state index contributed by atoms with van der Waals surface area (Å²) in [6, 6.07) is 2.00. The van der Waals surface area contributed by atoms with Gasteiger partial charge in [-0.25, -0.2) is 4.98 Å². The van der Waals surface area contributed by atoms with E-state index in [2.05, 4.69) is 27.6 Å². The number of carbonyl (C=O) groups is 2. The standard InChI is InChI=1S/C22H30N4O2/c1-3-17(4-2)25-20(27)15-26(18-10-11-18)21(28)9-5-7-16-12-14-24-22-19(16)8-6-13-23-22/h1,12,14,17-18H,4-11,13,15H2,2H3,(H,23,24)(H,25,27)/t17-/m1/s1. The zero-order chi connectivity index (χ0) is 19.9. The molecule has 2 heterocycles. The van der Waals surface area contributed by atoms with Gasteiger partial charge in [0.05, 0.1) is 12.6 Å². The number of hydrogen-bond acceptors (Lipinski definition) is 4. The lowest BCUT2D eigenvalue weighted by Gasteiger charge is -2.23. The highest BCUT2D eigenvalue weighted by molar-refractivity contribution is 5.85. The van der Waals surface area contributed by atoms with E-state index >= 15 is 0 Å². The number of fused-ring (bicyclic) bond motifs is 1. The molecule has 150 valence electrons. The average Bonchev–Trinajstić information content (AvgIpc) is 3.55. The molecule has 0 radical (unpaired) electrons. The van der Waals surface area contributed by atoms with Crippen LogP contribution < -0.4 is 10.6 Å². The van der Waals surface area contributed by atoms with E-state index in [0.717, 1.165) is 50.9 Å². The zero-order valence-electron chi connectivity index (χ0n) is 16.7. The van der Waals surface area contributed by atoms with Gasteiger partial charge in [-0.15, -0.1) is 6.42 Å². The second-order valence-electron chi connectivity index (χ2n) is 7.63. The third kappa shape index (κ3) is 5.25. The van der Waals surface area contributed by atoms with Gasteiger partial charge in [-0.05, 0) is 62.1 Å². The Balaban J connectivity index is 1.51. The van der Waals surface area contributed by atoms with Crippen molar-refractivity contribution in [2.24, 2.45) is 0 Å². The van der Waals surface area contributed by atoms with Crippen molar-refractivity contribution >= 4 is 17.6 Å². The predicted octanol–water partition coefficient (Wildman–Crippen LogP) is 2.28. The predicted molar refractivity (Wildman–Crippen MR) is 110 cm³/mol. The Labute approximate surface area is 167 Å². The molecule has 2 aliphatic rings. The van der Waals surface area contributed by atoms with Gasteiger partial charge in [0.2, 0.25) is 11.8 Å². The molecule has 0 saturated heterocycles. The van der Waals surface area contributed by atoms with Crippen molar-refractivity contribution in [1.29, 1.82) is 0 Å². The molecule has 0 unspecified atom stereocenters. The number of amides is 2. The Morgan fingerprint density at radius 1 is 1.46 bits per heavy atom. The van der Waals surface area contributed by atoms with Gasteiger partial charge in [-0.1, -0.05) is 12.8 Å². The molecule has 0 spiro atoms. The van der Waals surface area contributed by atoms with Crippen LogP contribution in [-0.4, -0.2) is 46.9 Å². The van der Waals surface area contributed by atoms with E-state index in [9.17, 15) is 9.59 Å². The van der Waals surface area contributed by atoms with Gasteiger partial charge in [0.15, 0.2) is 0 Å². The molecule has 1 aromatic heterocycles. The van der Waals surface area contributed by atoms with Crippen LogP contribution in [0.3, 0.4) is 0 Å². The normalized spacial score (nSPS) is 16.3. The second kappa shape index (κ2) is 9.59. The summed E-state index contributed by atoms with van der Waals surface area (Å²) >= 11 is 0. The van der Waals surface area contributed by atoms with Gasteiger partial charge in [-0.3, -0.25) is 9.59 Å². The molecule has 28 heavy (non-hydrogen) atoms. The minimum atomic E-state index is -0.268. The summed E-state index contributed by atoms with van der Waals surface area (Å²) in [4.78, 5) is 31.2. The molecule has 1 atom stereocenters. The Morgan fingerprint density at radius 3 is 3.00 bits per heavy atom. The first-order valence-electron chi connectivity index (χ1n) is 10.4. The first kappa shape index (κ1) is 20.2. The number of carbonyl (C=O) groups excluding carboxylic acids is 2. The maximum Gasteiger partial charge on any atom is 0.240 e. The molecule has 1 aliphatic heterocycles. The van der Waals surface area contributed by atoms with E-state index in [1.54, 1.807) is 4.90 Å². The summed E-state index contributed by atoms with van der Waals surface area (Å²) in [5.41, 5.74) is 2.57. The molecular weight excluding hydrogens is 352 g/mol. The fourth-order valence-corrected chi connectivity index (χ4v) is 3.71. The quantitative estimate of drug-likeness (QED) is 0.643. The minimum Gasteiger partial charge on any atom is -0.370 e. The number of anilines is 1. The van der Waals surface area contributed by atoms with Crippen LogP contribution in [0, 0.1) is 12.3 Å². The van der Waals surface area contributed by atoms with Crippen molar-refractivity contribution < 1.29 is 9.59 Å². The SMILES string of the molecule is C#C[C@H](CC)NC(=O)CN(C(=O)CCCc1ccnc2c1CCCN2)C1CC1. The van der Waals surface area contributed by atoms with Crippen LogP contribution in [-0.2, 0) is 22.4 Å². The Hall–Kier alpha value is -2.55. The number of aromatic nitrogens is 1. The van der Waals surface area contributed by atoms with Crippen LogP contribution in [0.4, 0.5) is 5.82 Å². The van der Waals surface area contributed by atoms with E-state index in [0.29, 0.717) is 12.8 Å². The van der Waals surface area contributed by atoms with E-state index in [4.69, 9.17) is 6.42 Å². The summed E-state index contributed by atoms with van der Waals surface area (Å²) in [7, 11) is 0. The van der Waals surface area contributed by atoms with Gasteiger partial charge in [0, 0.05) is 25.2 Å². The molecular formula is C22H30N4O2. The van der Waals surface area contributed by atoms with Crippen LogP contribution in [0.1, 0.15) is 56.6 Å². The summed E-state index contributed by atoms with van der Waals surface area (Å²) < 4.78 is 0. The monoisotopic (exact) mass is 382 g/mol. The maximum absolute atomic E-state index is 12.7. The molecule has 3 rings (SSSR count). The first-order chi connectivity index (χ1) is 13.6. The fourth-order valence-electron chi connectivity index (χ4n) is 3.71. The van der Waals surface area contributed by atoms with Gasteiger partial charge < -0.3 is 15.5 Å². The Morgan fingerprint density at radius 2 is 2.29 bits per heavy atom. The van der Waals surface area contributed by atoms with Crippen molar-refractivity contribution in [3.05, 3.63) is 23.4 Å². The molecule has 6 nitrogen and oxygen atoms in total. The van der Waals surface area contributed by atoms with E-state index < -0.39 is 0 Å². The van der Waals surface area contributed by atoms with Crippen molar-refractivity contribution in [1.82, 2.24) is 15.2 Å². The largest absolute Gasteiger partial charge is 0.370 e. The summed E-state index contributed by atoms with van der Waals surface area (Å²) in [6.45, 7) is 3.01. The third-order valence-corrected chi connectivity index (χ3v) is 5.45. The van der Waals surface area contributed by atoms with Crippen molar-refractivity contribution in [3.63, 3.8) is 0 Å². The molecule has 2 amide bonds. The molecule has 6 heteroatoms. The van der Waals surface area contributed by atoms with Gasteiger partial charge in [0.1, 0.15) is 5.82 Å². The molecule has 1 fully saturated rings. The molecule has 0 aromatic carbocycles. The van der Waals surface area contributed by atoms with Crippen LogP contribution in [0.2, 0.25) is 0 Å². The van der Waals surface area contributed by atoms with Gasteiger partial charge >= 0.3 is 0 Å². The average molecular weight is 383 g/mol. The summed E-state index contributed by atoms with van der Waals surface area (Å²) in [5.74, 6) is 3.45. The lowest BCUT2D eigenvalue weighted by molar-refractivity contribution is -0.136. The molecule has 1 saturated carbocycles. The topological polar surface area (TPSA) is 74.3 Å². The van der Waals surface area contributed by atoms with Crippen LogP contribution in [0.5, 0.6) is 0 Å². The smallest absolute Gasteiger partial charge is 0.240 e. The highest BCUT2D eigenvalue weighted by Crippen LogP contribution is 2.28. The first-order valence-corrected chi connectivity index (χ1v) is 10.4. The molecule has 1 aliphatic carbocycles. The summed E-state index contributed by atoms with van der Waals surface area (Å²) in [6.07, 6.45) is 14.2. The highest BCUT2D eigenvalue weighted by atomic mass is 16.2. The van der Waals surface area contributed by atoms with Crippen molar-refractivity contribution in [2.45, 2.75) is 70.4 Å². The Kier molecular flexibility index (Phi) is 6.91. The maximum atomic E-state index is 12.7. The third-order valence-electron chi connectivity index (χ3n) is 5.45. The minimum absolute atomic E-state index is 0.0625. The molecule has 1 aromatic rings. The van der Waals surface area contributed by atoms with Crippen LogP contribution in [0.25, 0.3) is 0 Å². The number of nitrogens with zero attached hydrogens (tertiary/aromatic N) is 2. The van der Waals surface area contributed by atoms with E-state index in [1.165, 1.54) is 11.1 Å². The number of pyridine rings is 1.